The molecule has 1 amide bonds. The van der Waals surface area contributed by atoms with Crippen LogP contribution in [0.15, 0.2) is 61.7 Å². The quantitative estimate of drug-likeness (QED) is 0.752. The molecule has 0 spiro atoms. The van der Waals surface area contributed by atoms with Crippen LogP contribution >= 0.6 is 0 Å². The smallest absolute Gasteiger partial charge is 0.410 e. The molecule has 3 nitrogen and oxygen atoms in total. The molecule has 0 aliphatic rings. The van der Waals surface area contributed by atoms with Crippen LogP contribution in [0, 0.1) is 0 Å². The molecule has 0 saturated carbocycles. The second-order valence-corrected chi connectivity index (χ2v) is 6.81. The fraction of sp³-hybridized carbons (Fsp3) is 0.227. The van der Waals surface area contributed by atoms with Gasteiger partial charge >= 0.3 is 6.09 Å². The van der Waals surface area contributed by atoms with Crippen molar-refractivity contribution in [2.75, 3.05) is 0 Å². The zero-order chi connectivity index (χ0) is 18.6. The highest BCUT2D eigenvalue weighted by molar-refractivity contribution is 5.72. The molecule has 130 valence electrons. The van der Waals surface area contributed by atoms with Gasteiger partial charge in [-0.1, -0.05) is 54.6 Å². The Kier molecular flexibility index (Phi) is 5.48. The molecule has 2 aromatic rings. The summed E-state index contributed by atoms with van der Waals surface area (Å²) in [5.74, 6) is 0.494. The Hall–Kier alpha value is -2.81. The number of hydrogen-bond acceptors (Lipinski definition) is 2. The minimum absolute atomic E-state index is 0.492. The first-order valence-electron chi connectivity index (χ1n) is 8.21. The van der Waals surface area contributed by atoms with Gasteiger partial charge in [-0.15, -0.1) is 0 Å². The van der Waals surface area contributed by atoms with Crippen molar-refractivity contribution < 1.29 is 9.53 Å². The molecule has 0 aliphatic heterocycles. The van der Waals surface area contributed by atoms with E-state index in [1.54, 1.807) is 12.1 Å². The number of ether oxygens (including phenoxy) is 1. The van der Waals surface area contributed by atoms with Crippen molar-refractivity contribution in [1.29, 1.82) is 0 Å². The zero-order valence-corrected chi connectivity index (χ0v) is 15.3. The fourth-order valence-corrected chi connectivity index (χ4v) is 2.44. The van der Waals surface area contributed by atoms with E-state index in [9.17, 15) is 4.79 Å². The molecule has 25 heavy (non-hydrogen) atoms. The van der Waals surface area contributed by atoms with E-state index in [1.165, 1.54) is 0 Å². The average Bonchev–Trinajstić information content (AvgIpc) is 2.54. The Morgan fingerprint density at radius 3 is 2.12 bits per heavy atom. The van der Waals surface area contributed by atoms with Gasteiger partial charge in [0.05, 0.1) is 5.54 Å². The summed E-state index contributed by atoms with van der Waals surface area (Å²) in [6.07, 6.45) is -0.492. The third-order valence-corrected chi connectivity index (χ3v) is 4.05. The van der Waals surface area contributed by atoms with Crippen LogP contribution in [-0.4, -0.2) is 6.09 Å². The summed E-state index contributed by atoms with van der Waals surface area (Å²) in [7, 11) is 0. The first-order valence-corrected chi connectivity index (χ1v) is 8.21. The Morgan fingerprint density at radius 2 is 1.56 bits per heavy atom. The molecule has 3 heteroatoms. The molecule has 0 saturated heterocycles. The summed E-state index contributed by atoms with van der Waals surface area (Å²) in [6.45, 7) is 15.6. The fourth-order valence-electron chi connectivity index (χ4n) is 2.44. The Morgan fingerprint density at radius 1 is 0.960 bits per heavy atom. The lowest BCUT2D eigenvalue weighted by atomic mass is 9.92. The van der Waals surface area contributed by atoms with Gasteiger partial charge in [0, 0.05) is 0 Å². The SMILES string of the molecule is C=C(C)c1ccc(OC(=O)NC(C)(C)c2cccc(C(=C)C)c2)cc1. The van der Waals surface area contributed by atoms with Gasteiger partial charge in [-0.25, -0.2) is 4.79 Å². The number of allylic oxidation sites excluding steroid dienone is 2. The van der Waals surface area contributed by atoms with Crippen molar-refractivity contribution in [1.82, 2.24) is 5.32 Å². The lowest BCUT2D eigenvalue weighted by Gasteiger charge is -2.27. The molecule has 0 fully saturated rings. The highest BCUT2D eigenvalue weighted by Crippen LogP contribution is 2.24. The number of carbonyl (C=O) groups is 1. The van der Waals surface area contributed by atoms with E-state index in [-0.39, 0.29) is 0 Å². The summed E-state index contributed by atoms with van der Waals surface area (Å²) in [5, 5.41) is 2.92. The van der Waals surface area contributed by atoms with Crippen LogP contribution in [0.5, 0.6) is 5.75 Å². The zero-order valence-electron chi connectivity index (χ0n) is 15.3. The molecule has 0 aromatic heterocycles. The normalized spacial score (nSPS) is 10.9. The Balaban J connectivity index is 2.09. The second kappa shape index (κ2) is 7.39. The molecular formula is C22H25NO2. The molecule has 0 heterocycles. The van der Waals surface area contributed by atoms with Crippen molar-refractivity contribution in [2.45, 2.75) is 33.2 Å². The molecule has 0 radical (unpaired) electrons. The van der Waals surface area contributed by atoms with Gasteiger partial charge in [-0.05, 0) is 62.6 Å². The molecule has 0 atom stereocenters. The number of carbonyl (C=O) groups excluding carboxylic acids is 1. The van der Waals surface area contributed by atoms with Crippen molar-refractivity contribution in [2.24, 2.45) is 0 Å². The van der Waals surface area contributed by atoms with E-state index in [0.717, 1.165) is 27.8 Å². The summed E-state index contributed by atoms with van der Waals surface area (Å²) in [6, 6.07) is 15.3. The summed E-state index contributed by atoms with van der Waals surface area (Å²) in [5.41, 5.74) is 4.44. The third-order valence-electron chi connectivity index (χ3n) is 4.05. The van der Waals surface area contributed by atoms with E-state index in [0.29, 0.717) is 5.75 Å². The van der Waals surface area contributed by atoms with Crippen molar-refractivity contribution in [3.05, 3.63) is 78.4 Å². The van der Waals surface area contributed by atoms with Crippen molar-refractivity contribution in [3.8, 4) is 5.75 Å². The lowest BCUT2D eigenvalue weighted by molar-refractivity contribution is 0.188. The van der Waals surface area contributed by atoms with Gasteiger partial charge in [0.15, 0.2) is 0 Å². The molecule has 1 N–H and O–H groups in total. The van der Waals surface area contributed by atoms with E-state index in [2.05, 4.69) is 18.5 Å². The molecule has 2 aromatic carbocycles. The first kappa shape index (κ1) is 18.5. The number of hydrogen-bond donors (Lipinski definition) is 1. The van der Waals surface area contributed by atoms with Gasteiger partial charge in [0.25, 0.3) is 0 Å². The monoisotopic (exact) mass is 335 g/mol. The summed E-state index contributed by atoms with van der Waals surface area (Å²) < 4.78 is 5.39. The van der Waals surface area contributed by atoms with Gasteiger partial charge in [0.1, 0.15) is 5.75 Å². The van der Waals surface area contributed by atoms with Gasteiger partial charge in [0.2, 0.25) is 0 Å². The van der Waals surface area contributed by atoms with E-state index >= 15 is 0 Å². The van der Waals surface area contributed by atoms with Crippen LogP contribution in [0.2, 0.25) is 0 Å². The molecule has 2 rings (SSSR count). The third kappa shape index (κ3) is 4.83. The molecular weight excluding hydrogens is 310 g/mol. The topological polar surface area (TPSA) is 38.3 Å². The maximum absolute atomic E-state index is 12.3. The highest BCUT2D eigenvalue weighted by Gasteiger charge is 2.24. The van der Waals surface area contributed by atoms with Crippen LogP contribution < -0.4 is 10.1 Å². The van der Waals surface area contributed by atoms with Crippen molar-refractivity contribution in [3.63, 3.8) is 0 Å². The van der Waals surface area contributed by atoms with Crippen molar-refractivity contribution >= 4 is 17.2 Å². The molecule has 0 aliphatic carbocycles. The number of rotatable bonds is 5. The first-order chi connectivity index (χ1) is 11.7. The molecule has 0 bridgehead atoms. The van der Waals surface area contributed by atoms with Crippen LogP contribution in [0.3, 0.4) is 0 Å². The Labute approximate surface area is 150 Å². The lowest BCUT2D eigenvalue weighted by Crippen LogP contribution is -2.42. The number of nitrogens with one attached hydrogen (secondary N) is 1. The summed E-state index contributed by atoms with van der Waals surface area (Å²) in [4.78, 5) is 12.3. The van der Waals surface area contributed by atoms with E-state index in [1.807, 2.05) is 64.1 Å². The van der Waals surface area contributed by atoms with Gasteiger partial charge in [-0.3, -0.25) is 0 Å². The van der Waals surface area contributed by atoms with Crippen LogP contribution in [0.25, 0.3) is 11.1 Å². The number of benzene rings is 2. The minimum atomic E-state index is -0.569. The van der Waals surface area contributed by atoms with E-state index in [4.69, 9.17) is 4.74 Å². The average molecular weight is 335 g/mol. The summed E-state index contributed by atoms with van der Waals surface area (Å²) >= 11 is 0. The molecule has 0 unspecified atom stereocenters. The van der Waals surface area contributed by atoms with Gasteiger partial charge in [-0.2, -0.15) is 0 Å². The van der Waals surface area contributed by atoms with Crippen LogP contribution in [0.4, 0.5) is 4.79 Å². The maximum Gasteiger partial charge on any atom is 0.413 e. The van der Waals surface area contributed by atoms with E-state index < -0.39 is 11.6 Å². The largest absolute Gasteiger partial charge is 0.413 e. The predicted octanol–water partition coefficient (Wildman–Crippen LogP) is 5.78. The Bertz CT molecular complexity index is 801. The predicted molar refractivity (Wildman–Crippen MR) is 104 cm³/mol. The standard InChI is InChI=1S/C22H25NO2/c1-15(2)17-10-12-20(13-11-17)25-21(24)23-22(5,6)19-9-7-8-18(14-19)16(3)4/h7-14H,1,3H2,2,4-6H3,(H,23,24). The minimum Gasteiger partial charge on any atom is -0.410 e. The maximum atomic E-state index is 12.3. The number of amides is 1. The van der Waals surface area contributed by atoms with Crippen LogP contribution in [-0.2, 0) is 5.54 Å². The van der Waals surface area contributed by atoms with Crippen LogP contribution in [0.1, 0.15) is 44.4 Å². The second-order valence-electron chi connectivity index (χ2n) is 6.81. The highest BCUT2D eigenvalue weighted by atomic mass is 16.6. The van der Waals surface area contributed by atoms with Gasteiger partial charge < -0.3 is 10.1 Å².